The molecule has 0 unspecified atom stereocenters. The number of aliphatic hydroxyl groups excluding tert-OH is 3. The molecule has 2 bridgehead atoms. The minimum Gasteiger partial charge on any atom is -0.462 e. The summed E-state index contributed by atoms with van der Waals surface area (Å²) in [5, 5.41) is 49.8. The van der Waals surface area contributed by atoms with Crippen LogP contribution in [0.3, 0.4) is 0 Å². The number of anilines is 1. The lowest BCUT2D eigenvalue weighted by atomic mass is 9.81. The Hall–Kier alpha value is -3.66. The molecule has 4 N–H and O–H groups in total. The summed E-state index contributed by atoms with van der Waals surface area (Å²) >= 11 is 0. The van der Waals surface area contributed by atoms with Crippen LogP contribution < -0.4 is 5.06 Å². The van der Waals surface area contributed by atoms with Crippen LogP contribution in [-0.2, 0) is 52.4 Å². The maximum absolute atomic E-state index is 13.5. The quantitative estimate of drug-likeness (QED) is 0.144. The Labute approximate surface area is 381 Å². The first kappa shape index (κ1) is 50.7. The molecule has 3 fully saturated rings. The van der Waals surface area contributed by atoms with Crippen molar-refractivity contribution in [2.45, 2.75) is 177 Å². The number of benzene rings is 1. The number of aldehydes is 1. The number of carbonyl (C=O) groups excluding carboxylic acids is 3. The summed E-state index contributed by atoms with van der Waals surface area (Å²) in [7, 11) is 4.85. The van der Waals surface area contributed by atoms with E-state index in [-0.39, 0.29) is 25.7 Å². The van der Waals surface area contributed by atoms with Crippen LogP contribution in [-0.4, -0.2) is 167 Å². The van der Waals surface area contributed by atoms with Crippen molar-refractivity contribution in [2.24, 2.45) is 11.8 Å². The van der Waals surface area contributed by atoms with Crippen molar-refractivity contribution in [3.63, 3.8) is 0 Å². The van der Waals surface area contributed by atoms with E-state index in [1.165, 1.54) is 7.11 Å². The van der Waals surface area contributed by atoms with Crippen molar-refractivity contribution in [3.05, 3.63) is 48.6 Å². The number of rotatable bonds is 11. The van der Waals surface area contributed by atoms with Gasteiger partial charge < -0.3 is 63.3 Å². The first-order valence-electron chi connectivity index (χ1n) is 22.8. The average Bonchev–Trinajstić information content (AvgIpc) is 3.25. The summed E-state index contributed by atoms with van der Waals surface area (Å²) in [6.45, 7) is 10.2. The van der Waals surface area contributed by atoms with Crippen LogP contribution in [0.1, 0.15) is 80.1 Å². The molecule has 18 heteroatoms. The van der Waals surface area contributed by atoms with Crippen molar-refractivity contribution >= 4 is 34.9 Å². The Morgan fingerprint density at radius 1 is 0.969 bits per heavy atom. The average molecular weight is 916 g/mol. The van der Waals surface area contributed by atoms with E-state index < -0.39 is 128 Å². The number of methoxy groups -OCH3 is 1. The van der Waals surface area contributed by atoms with Gasteiger partial charge in [0.05, 0.1) is 54.5 Å². The lowest BCUT2D eigenvalue weighted by Gasteiger charge is -2.50. The number of esters is 2. The third kappa shape index (κ3) is 11.9. The van der Waals surface area contributed by atoms with E-state index in [1.54, 1.807) is 64.8 Å². The van der Waals surface area contributed by atoms with Gasteiger partial charge in [0, 0.05) is 38.2 Å². The fourth-order valence-corrected chi connectivity index (χ4v) is 9.74. The van der Waals surface area contributed by atoms with E-state index in [4.69, 9.17) is 43.0 Å². The lowest BCUT2D eigenvalue weighted by Crippen LogP contribution is -2.66. The molecule has 1 aromatic carbocycles. The van der Waals surface area contributed by atoms with Gasteiger partial charge in [-0.25, -0.2) is 10.0 Å². The smallest absolute Gasteiger partial charge is 0.308 e. The molecule has 65 heavy (non-hydrogen) atoms. The Bertz CT molecular complexity index is 1940. The molecule has 3 saturated heterocycles. The van der Waals surface area contributed by atoms with E-state index in [1.807, 2.05) is 49.4 Å². The first-order valence-corrected chi connectivity index (χ1v) is 22.8. The van der Waals surface area contributed by atoms with Crippen molar-refractivity contribution in [1.29, 1.82) is 0 Å². The topological polar surface area (TPSA) is 225 Å². The number of aliphatic hydroxyl groups is 4. The molecule has 362 valence electrons. The molecule has 2 aromatic rings. The van der Waals surface area contributed by atoms with Crippen LogP contribution in [0.25, 0.3) is 10.9 Å². The number of fused-ring (bicyclic) bond motifs is 13. The Kier molecular flexibility index (Phi) is 17.2. The molecular formula is C47H69N3O15. The van der Waals surface area contributed by atoms with Crippen molar-refractivity contribution in [1.82, 2.24) is 9.88 Å². The molecule has 0 radical (unpaired) electrons. The molecule has 1 aromatic heterocycles. The number of pyridine rings is 1. The van der Waals surface area contributed by atoms with E-state index >= 15 is 0 Å². The number of para-hydroxylation sites is 1. The Balaban J connectivity index is 1.27. The monoisotopic (exact) mass is 915 g/mol. The highest BCUT2D eigenvalue weighted by Gasteiger charge is 2.53. The summed E-state index contributed by atoms with van der Waals surface area (Å²) in [5.41, 5.74) is -0.754. The van der Waals surface area contributed by atoms with Crippen LogP contribution in [0, 0.1) is 11.8 Å². The zero-order valence-corrected chi connectivity index (χ0v) is 38.9. The number of nitrogens with zero attached hydrogens (tertiary/aromatic N) is 3. The number of hydrogen-bond donors (Lipinski definition) is 4. The zero-order valence-electron chi connectivity index (χ0n) is 38.9. The molecular weight excluding hydrogens is 847 g/mol. The summed E-state index contributed by atoms with van der Waals surface area (Å²) < 4.78 is 42.9. The Morgan fingerprint density at radius 3 is 2.38 bits per heavy atom. The summed E-state index contributed by atoms with van der Waals surface area (Å²) in [5.74, 6) is -1.98. The second-order valence-electron chi connectivity index (χ2n) is 18.5. The summed E-state index contributed by atoms with van der Waals surface area (Å²) in [6.07, 6.45) is -9.26. The molecule has 0 spiro atoms. The minimum absolute atomic E-state index is 0.0485. The van der Waals surface area contributed by atoms with Gasteiger partial charge in [-0.15, -0.1) is 0 Å². The fraction of sp³-hybridized carbons (Fsp3) is 0.702. The highest BCUT2D eigenvalue weighted by atomic mass is 16.7. The van der Waals surface area contributed by atoms with Gasteiger partial charge >= 0.3 is 11.9 Å². The van der Waals surface area contributed by atoms with Crippen LogP contribution >= 0.6 is 0 Å². The van der Waals surface area contributed by atoms with Crippen LogP contribution in [0.5, 0.6) is 0 Å². The maximum atomic E-state index is 13.5. The summed E-state index contributed by atoms with van der Waals surface area (Å²) in [4.78, 5) is 51.3. The van der Waals surface area contributed by atoms with Gasteiger partial charge in [0.25, 0.3) is 0 Å². The van der Waals surface area contributed by atoms with E-state index in [9.17, 15) is 34.8 Å². The maximum Gasteiger partial charge on any atom is 0.308 e. The largest absolute Gasteiger partial charge is 0.462 e. The second-order valence-corrected chi connectivity index (χ2v) is 18.5. The number of likely N-dealkylation sites (N-methyl/N-ethyl adjacent to an activating group) is 1. The standard InChI is InChI=1S/C47H69N3O15/c1-10-36(53)62-45-28(5)60-38(24-47(45,6)57)63-42-27(4)61-46(41(56)39(42)49(7)8)64-43-30(19-20-51)21-25(2)40(55)34-17-16-31(22-26(3)59-37(54)23-33(52)44(43)58-9)50(65-34)35-18-15-29-13-11-12-14-32(29)48-35/h11-18,20,25-28,30-31,33-34,38-46,52,55-57H,10,19,21-24H2,1-9H3/t25-,26-,27-,28+,30+,31+,33-,34-,38+,39-,40-,41-,42-,43+,44+,45+,46+,47-/m1/s1. The minimum atomic E-state index is -1.50. The Morgan fingerprint density at radius 2 is 1.71 bits per heavy atom. The van der Waals surface area contributed by atoms with Gasteiger partial charge in [0.15, 0.2) is 24.5 Å². The number of ether oxygens (including phenoxy) is 7. The van der Waals surface area contributed by atoms with Gasteiger partial charge in [-0.2, -0.15) is 0 Å². The molecule has 5 aliphatic heterocycles. The van der Waals surface area contributed by atoms with Gasteiger partial charge in [-0.3, -0.25) is 14.4 Å². The predicted molar refractivity (Wildman–Crippen MR) is 235 cm³/mol. The van der Waals surface area contributed by atoms with Gasteiger partial charge in [0.2, 0.25) is 0 Å². The van der Waals surface area contributed by atoms with Crippen LogP contribution in [0.2, 0.25) is 0 Å². The molecule has 18 nitrogen and oxygen atoms in total. The fourth-order valence-electron chi connectivity index (χ4n) is 9.74. The summed E-state index contributed by atoms with van der Waals surface area (Å²) in [6, 6.07) is 10.2. The number of hydroxylamine groups is 1. The van der Waals surface area contributed by atoms with Crippen molar-refractivity contribution in [2.75, 3.05) is 26.3 Å². The number of aromatic nitrogens is 1. The van der Waals surface area contributed by atoms with Gasteiger partial charge in [0.1, 0.15) is 42.4 Å². The normalized spacial score (nSPS) is 39.9. The third-order valence-electron chi connectivity index (χ3n) is 13.1. The molecule has 5 aliphatic rings. The molecule has 18 atom stereocenters. The van der Waals surface area contributed by atoms with Gasteiger partial charge in [-0.1, -0.05) is 44.2 Å². The molecule has 6 heterocycles. The molecule has 0 aliphatic carbocycles. The first-order chi connectivity index (χ1) is 30.8. The van der Waals surface area contributed by atoms with E-state index in [0.29, 0.717) is 18.5 Å². The van der Waals surface area contributed by atoms with Crippen molar-refractivity contribution in [3.8, 4) is 0 Å². The molecule has 0 saturated carbocycles. The van der Waals surface area contributed by atoms with Crippen LogP contribution in [0.4, 0.5) is 5.82 Å². The highest BCUT2D eigenvalue weighted by Crippen LogP contribution is 2.38. The number of carbonyl (C=O) groups is 3. The lowest BCUT2D eigenvalue weighted by molar-refractivity contribution is -0.344. The second kappa shape index (κ2) is 22.0. The van der Waals surface area contributed by atoms with Crippen molar-refractivity contribution < 1.29 is 72.8 Å². The third-order valence-corrected chi connectivity index (χ3v) is 13.1. The van der Waals surface area contributed by atoms with Crippen LogP contribution in [0.15, 0.2) is 48.6 Å². The van der Waals surface area contributed by atoms with E-state index in [2.05, 4.69) is 0 Å². The SMILES string of the molecule is CCC(=O)O[C@H]1[C@H](C)O[C@@H](O[C@H]2[C@H](N(C)C)[C@@H](O)[C@H](O[C@H]3[C@@H](CC=O)C[C@@H](C)[C@@H](O)[C@H]4C=C[C@@H](C[C@@H](C)OC(=O)C[C@@H](O)[C@@H]3OC)N(c3ccc5ccccc5n3)O4)O[C@@H]2C)C[C@@]1(C)O. The van der Waals surface area contributed by atoms with Gasteiger partial charge in [-0.05, 0) is 78.2 Å². The number of hydrogen-bond acceptors (Lipinski definition) is 18. The predicted octanol–water partition coefficient (Wildman–Crippen LogP) is 2.99. The molecule has 7 rings (SSSR count). The zero-order chi connectivity index (χ0) is 47.3. The highest BCUT2D eigenvalue weighted by molar-refractivity contribution is 5.80. The van der Waals surface area contributed by atoms with E-state index in [0.717, 1.165) is 10.9 Å². The molecule has 0 amide bonds.